The minimum Gasteiger partial charge on any atom is -0.496 e. The van der Waals surface area contributed by atoms with Gasteiger partial charge in [-0.05, 0) is 35.9 Å². The highest BCUT2D eigenvalue weighted by Crippen LogP contribution is 2.21. The van der Waals surface area contributed by atoms with Crippen LogP contribution in [0.4, 0.5) is 5.69 Å². The van der Waals surface area contributed by atoms with Crippen molar-refractivity contribution >= 4 is 5.69 Å². The van der Waals surface area contributed by atoms with E-state index in [1.165, 1.54) is 0 Å². The minimum atomic E-state index is 0.586. The van der Waals surface area contributed by atoms with E-state index >= 15 is 0 Å². The van der Waals surface area contributed by atoms with E-state index < -0.39 is 0 Å². The van der Waals surface area contributed by atoms with Crippen LogP contribution in [0.5, 0.6) is 5.75 Å². The fourth-order valence-corrected chi connectivity index (χ4v) is 2.12. The molecule has 108 valence electrons. The summed E-state index contributed by atoms with van der Waals surface area (Å²) >= 11 is 0. The summed E-state index contributed by atoms with van der Waals surface area (Å²) in [7, 11) is 3.31. The number of anilines is 1. The summed E-state index contributed by atoms with van der Waals surface area (Å²) < 4.78 is 10.5. The van der Waals surface area contributed by atoms with Crippen LogP contribution >= 0.6 is 0 Å². The van der Waals surface area contributed by atoms with Gasteiger partial charge in [0.25, 0.3) is 0 Å². The fraction of sp³-hybridized carbons (Fsp3) is 0.235. The van der Waals surface area contributed by atoms with E-state index in [0.717, 1.165) is 22.6 Å². The molecule has 0 heterocycles. The van der Waals surface area contributed by atoms with Gasteiger partial charge >= 0.3 is 0 Å². The molecule has 0 aliphatic rings. The molecular formula is C17H18N2O2. The maximum Gasteiger partial charge on any atom is 0.123 e. The summed E-state index contributed by atoms with van der Waals surface area (Å²) in [6.07, 6.45) is 0. The van der Waals surface area contributed by atoms with Gasteiger partial charge in [-0.3, -0.25) is 0 Å². The maximum atomic E-state index is 8.98. The Morgan fingerprint density at radius 3 is 2.71 bits per heavy atom. The summed E-state index contributed by atoms with van der Waals surface area (Å²) in [6, 6.07) is 15.6. The van der Waals surface area contributed by atoms with Crippen molar-refractivity contribution in [1.29, 1.82) is 5.26 Å². The normalized spacial score (nSPS) is 9.95. The van der Waals surface area contributed by atoms with Gasteiger partial charge in [-0.2, -0.15) is 5.26 Å². The fourth-order valence-electron chi connectivity index (χ4n) is 2.12. The van der Waals surface area contributed by atoms with Gasteiger partial charge in [0, 0.05) is 24.9 Å². The van der Waals surface area contributed by atoms with Crippen LogP contribution in [0, 0.1) is 11.3 Å². The third kappa shape index (κ3) is 3.98. The largest absolute Gasteiger partial charge is 0.496 e. The minimum absolute atomic E-state index is 0.586. The standard InChI is InChI=1S/C17H18N2O2/c1-20-12-14-4-3-5-16(9-14)19-11-15-8-13(10-18)6-7-17(15)21-2/h3-9,19H,11-12H2,1-2H3. The van der Waals surface area contributed by atoms with Crippen LogP contribution < -0.4 is 10.1 Å². The van der Waals surface area contributed by atoms with Gasteiger partial charge < -0.3 is 14.8 Å². The van der Waals surface area contributed by atoms with E-state index in [-0.39, 0.29) is 0 Å². The molecule has 4 nitrogen and oxygen atoms in total. The first-order valence-electron chi connectivity index (χ1n) is 6.65. The van der Waals surface area contributed by atoms with Gasteiger partial charge in [-0.25, -0.2) is 0 Å². The van der Waals surface area contributed by atoms with Crippen LogP contribution in [0.2, 0.25) is 0 Å². The van der Waals surface area contributed by atoms with Crippen LogP contribution in [0.15, 0.2) is 42.5 Å². The number of methoxy groups -OCH3 is 2. The van der Waals surface area contributed by atoms with Crippen molar-refractivity contribution in [2.24, 2.45) is 0 Å². The highest BCUT2D eigenvalue weighted by Gasteiger charge is 2.05. The molecule has 0 saturated carbocycles. The van der Waals surface area contributed by atoms with Gasteiger partial charge in [0.05, 0.1) is 25.3 Å². The van der Waals surface area contributed by atoms with E-state index in [1.54, 1.807) is 20.3 Å². The van der Waals surface area contributed by atoms with E-state index in [0.29, 0.717) is 18.7 Å². The molecule has 0 atom stereocenters. The SMILES string of the molecule is COCc1cccc(NCc2cc(C#N)ccc2OC)c1. The van der Waals surface area contributed by atoms with E-state index in [1.807, 2.05) is 36.4 Å². The molecule has 2 rings (SSSR count). The molecule has 0 spiro atoms. The first-order valence-corrected chi connectivity index (χ1v) is 6.65. The van der Waals surface area contributed by atoms with Crippen molar-refractivity contribution in [2.45, 2.75) is 13.2 Å². The molecule has 0 fully saturated rings. The zero-order chi connectivity index (χ0) is 15.1. The number of nitriles is 1. The highest BCUT2D eigenvalue weighted by molar-refractivity contribution is 5.48. The average Bonchev–Trinajstić information content (AvgIpc) is 2.53. The quantitative estimate of drug-likeness (QED) is 0.883. The second-order valence-corrected chi connectivity index (χ2v) is 4.63. The van der Waals surface area contributed by atoms with Crippen LogP contribution in [-0.2, 0) is 17.9 Å². The van der Waals surface area contributed by atoms with E-state index in [2.05, 4.69) is 11.4 Å². The molecule has 0 amide bonds. The van der Waals surface area contributed by atoms with Crippen molar-refractivity contribution in [1.82, 2.24) is 0 Å². The highest BCUT2D eigenvalue weighted by atomic mass is 16.5. The van der Waals surface area contributed by atoms with Crippen LogP contribution in [0.25, 0.3) is 0 Å². The second kappa shape index (κ2) is 7.32. The lowest BCUT2D eigenvalue weighted by molar-refractivity contribution is 0.185. The lowest BCUT2D eigenvalue weighted by Gasteiger charge is -2.12. The van der Waals surface area contributed by atoms with Crippen LogP contribution in [-0.4, -0.2) is 14.2 Å². The summed E-state index contributed by atoms with van der Waals surface area (Å²) in [6.45, 7) is 1.18. The first-order chi connectivity index (χ1) is 10.3. The summed E-state index contributed by atoms with van der Waals surface area (Å²) in [5.74, 6) is 0.773. The van der Waals surface area contributed by atoms with Gasteiger partial charge in [0.15, 0.2) is 0 Å². The zero-order valence-electron chi connectivity index (χ0n) is 12.2. The molecule has 2 aromatic carbocycles. The van der Waals surface area contributed by atoms with Crippen molar-refractivity contribution in [3.8, 4) is 11.8 Å². The summed E-state index contributed by atoms with van der Waals surface area (Å²) in [5, 5.41) is 12.3. The Kier molecular flexibility index (Phi) is 5.19. The molecule has 1 N–H and O–H groups in total. The smallest absolute Gasteiger partial charge is 0.123 e. The monoisotopic (exact) mass is 282 g/mol. The van der Waals surface area contributed by atoms with Crippen molar-refractivity contribution in [3.05, 3.63) is 59.2 Å². The molecule has 0 aliphatic heterocycles. The Morgan fingerprint density at radius 1 is 1.14 bits per heavy atom. The summed E-state index contributed by atoms with van der Waals surface area (Å²) in [4.78, 5) is 0. The predicted octanol–water partition coefficient (Wildman–Crippen LogP) is 3.33. The van der Waals surface area contributed by atoms with Crippen molar-refractivity contribution in [3.63, 3.8) is 0 Å². The summed E-state index contributed by atoms with van der Waals surface area (Å²) in [5.41, 5.74) is 3.70. The second-order valence-electron chi connectivity index (χ2n) is 4.63. The lowest BCUT2D eigenvalue weighted by atomic mass is 10.1. The van der Waals surface area contributed by atoms with E-state index in [9.17, 15) is 0 Å². The number of rotatable bonds is 6. The molecule has 0 saturated heterocycles. The average molecular weight is 282 g/mol. The van der Waals surface area contributed by atoms with Crippen LogP contribution in [0.3, 0.4) is 0 Å². The topological polar surface area (TPSA) is 54.3 Å². The number of nitrogens with one attached hydrogen (secondary N) is 1. The first kappa shape index (κ1) is 14.9. The number of benzene rings is 2. The Labute approximate surface area is 124 Å². The molecule has 0 aromatic heterocycles. The molecule has 0 bridgehead atoms. The number of hydrogen-bond donors (Lipinski definition) is 1. The van der Waals surface area contributed by atoms with Crippen LogP contribution in [0.1, 0.15) is 16.7 Å². The van der Waals surface area contributed by atoms with Gasteiger partial charge in [-0.1, -0.05) is 12.1 Å². The lowest BCUT2D eigenvalue weighted by Crippen LogP contribution is -2.02. The van der Waals surface area contributed by atoms with Gasteiger partial charge in [0.2, 0.25) is 0 Å². The molecule has 4 heteroatoms. The van der Waals surface area contributed by atoms with Crippen molar-refractivity contribution < 1.29 is 9.47 Å². The Morgan fingerprint density at radius 2 is 2.00 bits per heavy atom. The van der Waals surface area contributed by atoms with Crippen molar-refractivity contribution in [2.75, 3.05) is 19.5 Å². The number of ether oxygens (including phenoxy) is 2. The van der Waals surface area contributed by atoms with E-state index in [4.69, 9.17) is 14.7 Å². The Bertz CT molecular complexity index is 647. The van der Waals surface area contributed by atoms with Gasteiger partial charge in [0.1, 0.15) is 5.75 Å². The predicted molar refractivity (Wildman–Crippen MR) is 82.2 cm³/mol. The third-order valence-electron chi connectivity index (χ3n) is 3.13. The van der Waals surface area contributed by atoms with Gasteiger partial charge in [-0.15, -0.1) is 0 Å². The molecule has 0 radical (unpaired) electrons. The number of hydrogen-bond acceptors (Lipinski definition) is 4. The number of nitrogens with zero attached hydrogens (tertiary/aromatic N) is 1. The molecular weight excluding hydrogens is 264 g/mol. The third-order valence-corrected chi connectivity index (χ3v) is 3.13. The zero-order valence-corrected chi connectivity index (χ0v) is 12.2. The maximum absolute atomic E-state index is 8.98. The molecule has 0 aliphatic carbocycles. The Balaban J connectivity index is 2.12. The molecule has 2 aromatic rings. The molecule has 0 unspecified atom stereocenters. The Hall–Kier alpha value is -2.51. The molecule has 21 heavy (non-hydrogen) atoms.